The summed E-state index contributed by atoms with van der Waals surface area (Å²) in [6.45, 7) is 0.215. The Morgan fingerprint density at radius 2 is 1.87 bits per heavy atom. The summed E-state index contributed by atoms with van der Waals surface area (Å²) in [5.41, 5.74) is 4.56. The van der Waals surface area contributed by atoms with Gasteiger partial charge in [-0.1, -0.05) is 18.2 Å². The van der Waals surface area contributed by atoms with Gasteiger partial charge in [0, 0.05) is 6.04 Å². The lowest BCUT2D eigenvalue weighted by molar-refractivity contribution is 0.0904. The van der Waals surface area contributed by atoms with Crippen LogP contribution in [0, 0.1) is 0 Å². The Morgan fingerprint density at radius 3 is 2.61 bits per heavy atom. The fraction of sp³-hybridized carbons (Fsp3) is 0.250. The van der Waals surface area contributed by atoms with Crippen LogP contribution in [0.3, 0.4) is 0 Å². The molecule has 23 heavy (non-hydrogen) atoms. The number of urea groups is 1. The highest BCUT2D eigenvalue weighted by atomic mass is 16.5. The minimum Gasteiger partial charge on any atom is -0.486 e. The molecule has 7 nitrogen and oxygen atoms in total. The first kappa shape index (κ1) is 15.0. The number of benzene rings is 1. The van der Waals surface area contributed by atoms with Crippen LogP contribution >= 0.6 is 0 Å². The van der Waals surface area contributed by atoms with Gasteiger partial charge >= 0.3 is 11.9 Å². The van der Waals surface area contributed by atoms with Crippen LogP contribution in [-0.4, -0.2) is 18.0 Å². The maximum absolute atomic E-state index is 11.8. The SMILES string of the molecule is O=C(NNC(=O)c1ccc(COc2ccccc2)o1)NC1CC1. The van der Waals surface area contributed by atoms with E-state index in [9.17, 15) is 9.59 Å². The van der Waals surface area contributed by atoms with Gasteiger partial charge < -0.3 is 14.5 Å². The van der Waals surface area contributed by atoms with Crippen LogP contribution in [0.2, 0.25) is 0 Å². The maximum atomic E-state index is 11.8. The monoisotopic (exact) mass is 315 g/mol. The van der Waals surface area contributed by atoms with Crippen molar-refractivity contribution >= 4 is 11.9 Å². The van der Waals surface area contributed by atoms with Gasteiger partial charge in [0.2, 0.25) is 0 Å². The molecule has 1 aromatic carbocycles. The number of hydrogen-bond donors (Lipinski definition) is 3. The average Bonchev–Trinajstić information content (AvgIpc) is 3.25. The third-order valence-corrected chi connectivity index (χ3v) is 3.21. The Morgan fingerprint density at radius 1 is 1.09 bits per heavy atom. The summed E-state index contributed by atoms with van der Waals surface area (Å²) in [6.07, 6.45) is 1.95. The molecule has 120 valence electrons. The Labute approximate surface area is 133 Å². The van der Waals surface area contributed by atoms with Crippen LogP contribution in [0.5, 0.6) is 5.75 Å². The van der Waals surface area contributed by atoms with Gasteiger partial charge in [-0.2, -0.15) is 0 Å². The first-order valence-corrected chi connectivity index (χ1v) is 7.34. The summed E-state index contributed by atoms with van der Waals surface area (Å²) in [5.74, 6) is 0.806. The third-order valence-electron chi connectivity index (χ3n) is 3.21. The molecule has 3 N–H and O–H groups in total. The van der Waals surface area contributed by atoms with Crippen molar-refractivity contribution in [2.45, 2.75) is 25.5 Å². The number of ether oxygens (including phenoxy) is 1. The van der Waals surface area contributed by atoms with Crippen molar-refractivity contribution < 1.29 is 18.7 Å². The Kier molecular flexibility index (Phi) is 4.46. The van der Waals surface area contributed by atoms with Gasteiger partial charge in [-0.3, -0.25) is 10.2 Å². The minimum atomic E-state index is -0.526. The topological polar surface area (TPSA) is 92.6 Å². The normalized spacial score (nSPS) is 13.2. The zero-order valence-electron chi connectivity index (χ0n) is 12.4. The van der Waals surface area contributed by atoms with Gasteiger partial charge in [0.15, 0.2) is 5.76 Å². The van der Waals surface area contributed by atoms with Gasteiger partial charge in [-0.25, -0.2) is 10.2 Å². The highest BCUT2D eigenvalue weighted by molar-refractivity contribution is 5.92. The van der Waals surface area contributed by atoms with Crippen LogP contribution in [0.25, 0.3) is 0 Å². The lowest BCUT2D eigenvalue weighted by Gasteiger charge is -2.06. The molecule has 2 aromatic rings. The second-order valence-electron chi connectivity index (χ2n) is 5.19. The molecule has 1 saturated carbocycles. The van der Waals surface area contributed by atoms with Crippen molar-refractivity contribution in [3.8, 4) is 5.75 Å². The predicted molar refractivity (Wildman–Crippen MR) is 81.6 cm³/mol. The first-order valence-electron chi connectivity index (χ1n) is 7.34. The second kappa shape index (κ2) is 6.87. The Bertz CT molecular complexity index is 680. The molecule has 0 radical (unpaired) electrons. The number of hydrazine groups is 1. The summed E-state index contributed by atoms with van der Waals surface area (Å²) in [5, 5.41) is 2.69. The zero-order chi connectivity index (χ0) is 16.1. The standard InChI is InChI=1S/C16H17N3O4/c20-15(18-19-16(21)17-11-6-7-11)14-9-8-13(23-14)10-22-12-4-2-1-3-5-12/h1-5,8-9,11H,6-7,10H2,(H,18,20)(H2,17,19,21). The zero-order valence-corrected chi connectivity index (χ0v) is 12.4. The lowest BCUT2D eigenvalue weighted by Crippen LogP contribution is -2.47. The van der Waals surface area contributed by atoms with Crippen molar-refractivity contribution in [2.24, 2.45) is 0 Å². The number of nitrogens with one attached hydrogen (secondary N) is 3. The molecule has 0 atom stereocenters. The molecular weight excluding hydrogens is 298 g/mol. The average molecular weight is 315 g/mol. The van der Waals surface area contributed by atoms with E-state index in [1.165, 1.54) is 6.07 Å². The summed E-state index contributed by atoms with van der Waals surface area (Å²) in [4.78, 5) is 23.3. The Hall–Kier alpha value is -2.96. The molecule has 1 fully saturated rings. The van der Waals surface area contributed by atoms with E-state index < -0.39 is 11.9 Å². The van der Waals surface area contributed by atoms with Crippen molar-refractivity contribution in [1.29, 1.82) is 0 Å². The maximum Gasteiger partial charge on any atom is 0.333 e. The van der Waals surface area contributed by atoms with Crippen LogP contribution in [-0.2, 0) is 6.61 Å². The van der Waals surface area contributed by atoms with Gasteiger partial charge in [-0.05, 0) is 37.1 Å². The van der Waals surface area contributed by atoms with E-state index in [-0.39, 0.29) is 18.4 Å². The number of carbonyl (C=O) groups is 2. The Balaban J connectivity index is 1.45. The van der Waals surface area contributed by atoms with E-state index in [1.54, 1.807) is 6.07 Å². The predicted octanol–water partition coefficient (Wildman–Crippen LogP) is 1.97. The summed E-state index contributed by atoms with van der Waals surface area (Å²) < 4.78 is 10.9. The van der Waals surface area contributed by atoms with Crippen LogP contribution < -0.4 is 20.9 Å². The van der Waals surface area contributed by atoms with E-state index in [1.807, 2.05) is 30.3 Å². The molecule has 3 rings (SSSR count). The van der Waals surface area contributed by atoms with Gasteiger partial charge in [0.05, 0.1) is 0 Å². The quantitative estimate of drug-likeness (QED) is 0.735. The lowest BCUT2D eigenvalue weighted by atomic mass is 10.3. The molecule has 3 amide bonds. The highest BCUT2D eigenvalue weighted by Crippen LogP contribution is 2.18. The molecule has 1 aliphatic carbocycles. The van der Waals surface area contributed by atoms with Crippen molar-refractivity contribution in [1.82, 2.24) is 16.2 Å². The smallest absolute Gasteiger partial charge is 0.333 e. The van der Waals surface area contributed by atoms with E-state index in [0.29, 0.717) is 11.5 Å². The molecule has 0 bridgehead atoms. The van der Waals surface area contributed by atoms with E-state index in [0.717, 1.165) is 12.8 Å². The third kappa shape index (κ3) is 4.50. The molecule has 0 aliphatic heterocycles. The van der Waals surface area contributed by atoms with Gasteiger partial charge in [0.25, 0.3) is 0 Å². The van der Waals surface area contributed by atoms with Crippen molar-refractivity contribution in [2.75, 3.05) is 0 Å². The fourth-order valence-electron chi connectivity index (χ4n) is 1.87. The molecule has 7 heteroatoms. The second-order valence-corrected chi connectivity index (χ2v) is 5.19. The van der Waals surface area contributed by atoms with E-state index in [2.05, 4.69) is 16.2 Å². The number of amides is 3. The summed E-state index contributed by atoms with van der Waals surface area (Å²) >= 11 is 0. The van der Waals surface area contributed by atoms with Crippen LogP contribution in [0.4, 0.5) is 4.79 Å². The molecule has 0 saturated heterocycles. The van der Waals surface area contributed by atoms with E-state index in [4.69, 9.17) is 9.15 Å². The van der Waals surface area contributed by atoms with Crippen molar-refractivity contribution in [3.05, 3.63) is 54.0 Å². The number of rotatable bonds is 5. The number of furan rings is 1. The highest BCUT2D eigenvalue weighted by Gasteiger charge is 2.23. The molecule has 1 heterocycles. The summed E-state index contributed by atoms with van der Waals surface area (Å²) in [6, 6.07) is 12.3. The molecule has 1 aromatic heterocycles. The number of carbonyl (C=O) groups excluding carboxylic acids is 2. The number of hydrogen-bond acceptors (Lipinski definition) is 4. The largest absolute Gasteiger partial charge is 0.486 e. The van der Waals surface area contributed by atoms with Crippen LogP contribution in [0.1, 0.15) is 29.2 Å². The van der Waals surface area contributed by atoms with Crippen LogP contribution in [0.15, 0.2) is 46.9 Å². The molecular formula is C16H17N3O4. The van der Waals surface area contributed by atoms with Gasteiger partial charge in [-0.15, -0.1) is 0 Å². The molecule has 0 unspecified atom stereocenters. The molecule has 1 aliphatic rings. The first-order chi connectivity index (χ1) is 11.2. The van der Waals surface area contributed by atoms with Gasteiger partial charge in [0.1, 0.15) is 18.1 Å². The van der Waals surface area contributed by atoms with E-state index >= 15 is 0 Å². The van der Waals surface area contributed by atoms with Crippen molar-refractivity contribution in [3.63, 3.8) is 0 Å². The molecule has 0 spiro atoms. The minimum absolute atomic E-state index is 0.100. The fourth-order valence-corrected chi connectivity index (χ4v) is 1.87. The number of para-hydroxylation sites is 1. The summed E-state index contributed by atoms with van der Waals surface area (Å²) in [7, 11) is 0.